The normalized spacial score (nSPS) is 21.7. The van der Waals surface area contributed by atoms with Crippen molar-refractivity contribution in [1.82, 2.24) is 14.8 Å². The lowest BCUT2D eigenvalue weighted by atomic mass is 10.1. The summed E-state index contributed by atoms with van der Waals surface area (Å²) in [6.45, 7) is 1.70. The van der Waals surface area contributed by atoms with Gasteiger partial charge in [0.05, 0.1) is 0 Å². The smallest absolute Gasteiger partial charge is 0.225 e. The molecular formula is C11H18N4OS. The number of nitrogens with zero attached hydrogens (tertiary/aromatic N) is 3. The fourth-order valence-electron chi connectivity index (χ4n) is 2.44. The number of nitrogens with one attached hydrogen (secondary N) is 1. The number of rotatable bonds is 3. The number of hydrogen-bond acceptors (Lipinski definition) is 4. The third-order valence-electron chi connectivity index (χ3n) is 3.65. The quantitative estimate of drug-likeness (QED) is 0.837. The first-order valence-electron chi connectivity index (χ1n) is 6.25. The van der Waals surface area contributed by atoms with Crippen LogP contribution in [0.1, 0.15) is 31.7 Å². The van der Waals surface area contributed by atoms with E-state index in [2.05, 4.69) is 26.7 Å². The molecule has 5 nitrogen and oxygen atoms in total. The lowest BCUT2D eigenvalue weighted by Crippen LogP contribution is -2.38. The third-order valence-corrected chi connectivity index (χ3v) is 3.94. The van der Waals surface area contributed by atoms with Crippen molar-refractivity contribution >= 4 is 18.2 Å². The average Bonchev–Trinajstić information content (AvgIpc) is 3.13. The summed E-state index contributed by atoms with van der Waals surface area (Å²) in [7, 11) is 2.11. The molecular weight excluding hydrogens is 236 g/mol. The molecule has 1 saturated carbocycles. The van der Waals surface area contributed by atoms with Crippen molar-refractivity contribution in [1.29, 1.82) is 0 Å². The molecule has 1 aliphatic heterocycles. The third kappa shape index (κ3) is 2.11. The Bertz CT molecular complexity index is 445. The van der Waals surface area contributed by atoms with Crippen LogP contribution in [0.3, 0.4) is 0 Å². The Kier molecular flexibility index (Phi) is 2.92. The van der Waals surface area contributed by atoms with Crippen LogP contribution in [-0.4, -0.2) is 41.1 Å². The summed E-state index contributed by atoms with van der Waals surface area (Å²) < 4.78 is 8.32. The van der Waals surface area contributed by atoms with E-state index in [1.54, 1.807) is 0 Å². The van der Waals surface area contributed by atoms with E-state index in [4.69, 9.17) is 17.0 Å². The van der Waals surface area contributed by atoms with Crippen LogP contribution in [-0.2, 0) is 4.74 Å². The van der Waals surface area contributed by atoms with Crippen LogP contribution in [0.25, 0.3) is 0 Å². The topological polar surface area (TPSA) is 46.1 Å². The van der Waals surface area contributed by atoms with Gasteiger partial charge in [-0.05, 0) is 37.9 Å². The highest BCUT2D eigenvalue weighted by atomic mass is 32.1. The van der Waals surface area contributed by atoms with E-state index in [1.807, 2.05) is 0 Å². The van der Waals surface area contributed by atoms with Gasteiger partial charge in [0.2, 0.25) is 5.95 Å². The summed E-state index contributed by atoms with van der Waals surface area (Å²) in [4.78, 5) is 2.26. The first kappa shape index (κ1) is 11.2. The Morgan fingerprint density at radius 1 is 1.35 bits per heavy atom. The molecule has 17 heavy (non-hydrogen) atoms. The molecule has 0 aromatic carbocycles. The van der Waals surface area contributed by atoms with Crippen molar-refractivity contribution in [2.75, 3.05) is 25.2 Å². The van der Waals surface area contributed by atoms with Gasteiger partial charge in [0, 0.05) is 32.3 Å². The van der Waals surface area contributed by atoms with Gasteiger partial charge in [-0.3, -0.25) is 4.57 Å². The standard InChI is InChI=1S/C11H18N4OS/c1-14(8-4-6-16-7-5-8)10-12-13-11(17)15(10)9-2-3-9/h8-9H,2-7H2,1H3,(H,13,17). The Labute approximate surface area is 106 Å². The van der Waals surface area contributed by atoms with Crippen molar-refractivity contribution in [3.05, 3.63) is 4.77 Å². The molecule has 0 spiro atoms. The SMILES string of the molecule is CN(c1n[nH]c(=S)n1C1CC1)C1CCOCC1. The fourth-order valence-corrected chi connectivity index (χ4v) is 2.72. The summed E-state index contributed by atoms with van der Waals surface area (Å²) in [6.07, 6.45) is 4.59. The molecule has 0 atom stereocenters. The van der Waals surface area contributed by atoms with Crippen LogP contribution >= 0.6 is 12.2 Å². The van der Waals surface area contributed by atoms with Crippen LogP contribution < -0.4 is 4.90 Å². The minimum absolute atomic E-state index is 0.520. The van der Waals surface area contributed by atoms with E-state index in [0.717, 1.165) is 36.8 Å². The molecule has 0 bridgehead atoms. The average molecular weight is 254 g/mol. The zero-order valence-electron chi connectivity index (χ0n) is 10.1. The monoisotopic (exact) mass is 254 g/mol. The van der Waals surface area contributed by atoms with E-state index < -0.39 is 0 Å². The lowest BCUT2D eigenvalue weighted by molar-refractivity contribution is 0.0851. The van der Waals surface area contributed by atoms with Crippen LogP contribution in [0.2, 0.25) is 0 Å². The molecule has 6 heteroatoms. The maximum absolute atomic E-state index is 5.40. The molecule has 3 rings (SSSR count). The highest BCUT2D eigenvalue weighted by Crippen LogP contribution is 2.38. The summed E-state index contributed by atoms with van der Waals surface area (Å²) in [5.74, 6) is 0.990. The predicted octanol–water partition coefficient (Wildman–Crippen LogP) is 1.89. The summed E-state index contributed by atoms with van der Waals surface area (Å²) in [6, 6.07) is 1.09. The van der Waals surface area contributed by atoms with Crippen molar-refractivity contribution in [2.45, 2.75) is 37.8 Å². The van der Waals surface area contributed by atoms with Gasteiger partial charge in [-0.15, -0.1) is 5.10 Å². The van der Waals surface area contributed by atoms with Gasteiger partial charge in [-0.25, -0.2) is 5.10 Å². The molecule has 94 valence electrons. The molecule has 1 aromatic heterocycles. The van der Waals surface area contributed by atoms with Crippen molar-refractivity contribution < 1.29 is 4.74 Å². The molecule has 2 heterocycles. The molecule has 0 radical (unpaired) electrons. The van der Waals surface area contributed by atoms with Crippen LogP contribution in [0.15, 0.2) is 0 Å². The number of aromatic nitrogens is 3. The highest BCUT2D eigenvalue weighted by Gasteiger charge is 2.30. The van der Waals surface area contributed by atoms with Gasteiger partial charge in [0.15, 0.2) is 4.77 Å². The molecule has 1 N–H and O–H groups in total. The molecule has 2 fully saturated rings. The second kappa shape index (κ2) is 4.42. The van der Waals surface area contributed by atoms with Gasteiger partial charge in [0.1, 0.15) is 0 Å². The molecule has 1 aliphatic carbocycles. The second-order valence-electron chi connectivity index (χ2n) is 4.88. The Hall–Kier alpha value is -0.880. The van der Waals surface area contributed by atoms with E-state index in [9.17, 15) is 0 Å². The largest absolute Gasteiger partial charge is 0.381 e. The van der Waals surface area contributed by atoms with Crippen LogP contribution in [0.4, 0.5) is 5.95 Å². The minimum atomic E-state index is 0.520. The summed E-state index contributed by atoms with van der Waals surface area (Å²) in [5, 5.41) is 7.30. The van der Waals surface area contributed by atoms with E-state index in [1.165, 1.54) is 12.8 Å². The number of ether oxygens (including phenoxy) is 1. The Morgan fingerprint density at radius 3 is 2.71 bits per heavy atom. The zero-order valence-corrected chi connectivity index (χ0v) is 10.9. The van der Waals surface area contributed by atoms with E-state index >= 15 is 0 Å². The molecule has 2 aliphatic rings. The predicted molar refractivity (Wildman–Crippen MR) is 67.9 cm³/mol. The maximum Gasteiger partial charge on any atom is 0.225 e. The molecule has 1 aromatic rings. The van der Waals surface area contributed by atoms with Crippen molar-refractivity contribution in [3.63, 3.8) is 0 Å². The number of H-pyrrole nitrogens is 1. The zero-order chi connectivity index (χ0) is 11.8. The van der Waals surface area contributed by atoms with Gasteiger partial charge in [0.25, 0.3) is 0 Å². The summed E-state index contributed by atoms with van der Waals surface area (Å²) >= 11 is 5.30. The molecule has 0 amide bonds. The highest BCUT2D eigenvalue weighted by molar-refractivity contribution is 7.71. The fraction of sp³-hybridized carbons (Fsp3) is 0.818. The first-order valence-corrected chi connectivity index (χ1v) is 6.65. The number of anilines is 1. The van der Waals surface area contributed by atoms with Crippen molar-refractivity contribution in [2.24, 2.45) is 0 Å². The Balaban J connectivity index is 1.84. The van der Waals surface area contributed by atoms with Gasteiger partial charge in [-0.2, -0.15) is 0 Å². The Morgan fingerprint density at radius 2 is 2.06 bits per heavy atom. The van der Waals surface area contributed by atoms with E-state index in [0.29, 0.717) is 12.1 Å². The number of aromatic amines is 1. The van der Waals surface area contributed by atoms with Gasteiger partial charge >= 0.3 is 0 Å². The van der Waals surface area contributed by atoms with Gasteiger partial charge < -0.3 is 9.64 Å². The molecule has 0 unspecified atom stereocenters. The second-order valence-corrected chi connectivity index (χ2v) is 5.27. The van der Waals surface area contributed by atoms with Crippen LogP contribution in [0, 0.1) is 4.77 Å². The number of hydrogen-bond donors (Lipinski definition) is 1. The minimum Gasteiger partial charge on any atom is -0.381 e. The van der Waals surface area contributed by atoms with Crippen molar-refractivity contribution in [3.8, 4) is 0 Å². The lowest BCUT2D eigenvalue weighted by Gasteiger charge is -2.31. The van der Waals surface area contributed by atoms with E-state index in [-0.39, 0.29) is 0 Å². The van der Waals surface area contributed by atoms with Gasteiger partial charge in [-0.1, -0.05) is 0 Å². The summed E-state index contributed by atoms with van der Waals surface area (Å²) in [5.41, 5.74) is 0. The van der Waals surface area contributed by atoms with Crippen LogP contribution in [0.5, 0.6) is 0 Å². The molecule has 1 saturated heterocycles. The maximum atomic E-state index is 5.40. The first-order chi connectivity index (χ1) is 8.27.